The number of ether oxygens (including phenoxy) is 1. The van der Waals surface area contributed by atoms with Gasteiger partial charge in [0, 0.05) is 24.8 Å². The molecular formula is C18H29N3O2. The summed E-state index contributed by atoms with van der Waals surface area (Å²) in [6.45, 7) is 9.46. The van der Waals surface area contributed by atoms with Gasteiger partial charge in [0.15, 0.2) is 0 Å². The highest BCUT2D eigenvalue weighted by Gasteiger charge is 2.32. The molecule has 23 heavy (non-hydrogen) atoms. The number of likely N-dealkylation sites (tertiary alicyclic amines) is 1. The second-order valence-electron chi connectivity index (χ2n) is 7.05. The topological polar surface area (TPSA) is 54.5 Å². The molecule has 5 nitrogen and oxygen atoms in total. The van der Waals surface area contributed by atoms with Crippen molar-refractivity contribution in [1.29, 1.82) is 0 Å². The van der Waals surface area contributed by atoms with Crippen LogP contribution in [0.15, 0.2) is 18.3 Å². The Balaban J connectivity index is 2.23. The SMILES string of the molecule is CCCNc1ncccc1[C@H]1CCCCN1C(=O)OC(C)(C)C. The summed E-state index contributed by atoms with van der Waals surface area (Å²) >= 11 is 0. The van der Waals surface area contributed by atoms with Gasteiger partial charge in [0.25, 0.3) is 0 Å². The van der Waals surface area contributed by atoms with Crippen LogP contribution in [0.5, 0.6) is 0 Å². The maximum atomic E-state index is 12.6. The van der Waals surface area contributed by atoms with Crippen molar-refractivity contribution >= 4 is 11.9 Å². The minimum absolute atomic E-state index is 0.0339. The van der Waals surface area contributed by atoms with Gasteiger partial charge in [-0.2, -0.15) is 0 Å². The van der Waals surface area contributed by atoms with E-state index in [1.54, 1.807) is 6.20 Å². The molecule has 2 heterocycles. The fourth-order valence-electron chi connectivity index (χ4n) is 2.87. The predicted molar refractivity (Wildman–Crippen MR) is 92.5 cm³/mol. The minimum Gasteiger partial charge on any atom is -0.444 e. The number of rotatable bonds is 4. The van der Waals surface area contributed by atoms with Gasteiger partial charge in [-0.25, -0.2) is 9.78 Å². The molecule has 1 aromatic heterocycles. The van der Waals surface area contributed by atoms with Crippen molar-refractivity contribution in [1.82, 2.24) is 9.88 Å². The van der Waals surface area contributed by atoms with Crippen LogP contribution in [-0.2, 0) is 4.74 Å². The van der Waals surface area contributed by atoms with E-state index in [0.29, 0.717) is 0 Å². The highest BCUT2D eigenvalue weighted by atomic mass is 16.6. The Labute approximate surface area is 139 Å². The van der Waals surface area contributed by atoms with Gasteiger partial charge in [0.05, 0.1) is 6.04 Å². The number of amides is 1. The van der Waals surface area contributed by atoms with Gasteiger partial charge in [-0.3, -0.25) is 0 Å². The first kappa shape index (κ1) is 17.6. The lowest BCUT2D eigenvalue weighted by atomic mass is 9.96. The maximum absolute atomic E-state index is 12.6. The van der Waals surface area contributed by atoms with Crippen molar-refractivity contribution < 1.29 is 9.53 Å². The number of piperidine rings is 1. The fraction of sp³-hybridized carbons (Fsp3) is 0.667. The van der Waals surface area contributed by atoms with Crippen LogP contribution >= 0.6 is 0 Å². The third-order valence-corrected chi connectivity index (χ3v) is 3.87. The Kier molecular flexibility index (Phi) is 5.85. The summed E-state index contributed by atoms with van der Waals surface area (Å²) in [5.74, 6) is 0.884. The number of aromatic nitrogens is 1. The quantitative estimate of drug-likeness (QED) is 0.895. The number of nitrogens with one attached hydrogen (secondary N) is 1. The normalized spacial score (nSPS) is 18.6. The Bertz CT molecular complexity index is 525. The third kappa shape index (κ3) is 4.85. The second kappa shape index (κ2) is 7.66. The molecule has 0 unspecified atom stereocenters. The highest BCUT2D eigenvalue weighted by Crippen LogP contribution is 2.35. The van der Waals surface area contributed by atoms with E-state index < -0.39 is 5.60 Å². The Hall–Kier alpha value is -1.78. The average molecular weight is 319 g/mol. The Morgan fingerprint density at radius 2 is 2.22 bits per heavy atom. The van der Waals surface area contributed by atoms with Crippen LogP contribution in [0.1, 0.15) is 65.0 Å². The number of carbonyl (C=O) groups is 1. The van der Waals surface area contributed by atoms with Gasteiger partial charge in [0.1, 0.15) is 11.4 Å². The van der Waals surface area contributed by atoms with Crippen molar-refractivity contribution in [3.8, 4) is 0 Å². The van der Waals surface area contributed by atoms with Gasteiger partial charge >= 0.3 is 6.09 Å². The molecule has 2 rings (SSSR count). The summed E-state index contributed by atoms with van der Waals surface area (Å²) in [5.41, 5.74) is 0.614. The molecule has 0 bridgehead atoms. The molecule has 0 saturated carbocycles. The van der Waals surface area contributed by atoms with E-state index in [2.05, 4.69) is 23.3 Å². The van der Waals surface area contributed by atoms with Gasteiger partial charge in [-0.05, 0) is 52.5 Å². The summed E-state index contributed by atoms with van der Waals surface area (Å²) in [5, 5.41) is 3.38. The third-order valence-electron chi connectivity index (χ3n) is 3.87. The zero-order valence-corrected chi connectivity index (χ0v) is 14.8. The lowest BCUT2D eigenvalue weighted by molar-refractivity contribution is 0.00957. The van der Waals surface area contributed by atoms with E-state index in [1.165, 1.54) is 0 Å². The molecule has 1 saturated heterocycles. The summed E-state index contributed by atoms with van der Waals surface area (Å²) in [6, 6.07) is 4.04. The summed E-state index contributed by atoms with van der Waals surface area (Å²) in [7, 11) is 0. The summed E-state index contributed by atoms with van der Waals surface area (Å²) < 4.78 is 5.60. The smallest absolute Gasteiger partial charge is 0.410 e. The second-order valence-corrected chi connectivity index (χ2v) is 7.05. The molecule has 1 aliphatic heterocycles. The van der Waals surface area contributed by atoms with Gasteiger partial charge in [-0.15, -0.1) is 0 Å². The van der Waals surface area contributed by atoms with Gasteiger partial charge in [0.2, 0.25) is 0 Å². The molecular weight excluding hydrogens is 290 g/mol. The van der Waals surface area contributed by atoms with Crippen molar-refractivity contribution in [3.05, 3.63) is 23.9 Å². The van der Waals surface area contributed by atoms with Gasteiger partial charge < -0.3 is 15.0 Å². The zero-order chi connectivity index (χ0) is 16.9. The van der Waals surface area contributed by atoms with Crippen molar-refractivity contribution in [3.63, 3.8) is 0 Å². The Morgan fingerprint density at radius 3 is 2.91 bits per heavy atom. The van der Waals surface area contributed by atoms with E-state index >= 15 is 0 Å². The molecule has 1 fully saturated rings. The number of pyridine rings is 1. The zero-order valence-electron chi connectivity index (χ0n) is 14.8. The number of hydrogen-bond acceptors (Lipinski definition) is 4. The van der Waals surface area contributed by atoms with Crippen molar-refractivity contribution in [2.75, 3.05) is 18.4 Å². The first-order valence-electron chi connectivity index (χ1n) is 8.61. The standard InChI is InChI=1S/C18H29N3O2/c1-5-11-19-16-14(9-8-12-20-16)15-10-6-7-13-21(15)17(22)23-18(2,3)4/h8-9,12,15H,5-7,10-11,13H2,1-4H3,(H,19,20)/t15-/m1/s1. The van der Waals surface area contributed by atoms with E-state index in [9.17, 15) is 4.79 Å². The molecule has 0 spiro atoms. The van der Waals surface area contributed by atoms with Crippen LogP contribution in [0, 0.1) is 0 Å². The minimum atomic E-state index is -0.475. The highest BCUT2D eigenvalue weighted by molar-refractivity contribution is 5.69. The monoisotopic (exact) mass is 319 g/mol. The summed E-state index contributed by atoms with van der Waals surface area (Å²) in [6.07, 6.45) is 5.69. The van der Waals surface area contributed by atoms with Crippen LogP contribution in [-0.4, -0.2) is 34.7 Å². The predicted octanol–water partition coefficient (Wildman–Crippen LogP) is 4.37. The first-order valence-corrected chi connectivity index (χ1v) is 8.61. The molecule has 1 aliphatic rings. The molecule has 0 aromatic carbocycles. The number of nitrogens with zero attached hydrogens (tertiary/aromatic N) is 2. The number of anilines is 1. The van der Waals surface area contributed by atoms with Crippen LogP contribution in [0.3, 0.4) is 0 Å². The largest absolute Gasteiger partial charge is 0.444 e. The number of carbonyl (C=O) groups excluding carboxylic acids is 1. The maximum Gasteiger partial charge on any atom is 0.410 e. The molecule has 0 aliphatic carbocycles. The van der Waals surface area contributed by atoms with E-state index in [-0.39, 0.29) is 12.1 Å². The molecule has 1 N–H and O–H groups in total. The molecule has 0 radical (unpaired) electrons. The molecule has 1 amide bonds. The van der Waals surface area contributed by atoms with E-state index in [1.807, 2.05) is 31.7 Å². The first-order chi connectivity index (χ1) is 10.9. The van der Waals surface area contributed by atoms with Crippen LogP contribution in [0.4, 0.5) is 10.6 Å². The average Bonchev–Trinajstić information content (AvgIpc) is 2.51. The van der Waals surface area contributed by atoms with Crippen LogP contribution < -0.4 is 5.32 Å². The van der Waals surface area contributed by atoms with E-state index in [4.69, 9.17) is 4.74 Å². The van der Waals surface area contributed by atoms with Crippen molar-refractivity contribution in [2.45, 2.75) is 65.0 Å². The molecule has 5 heteroatoms. The van der Waals surface area contributed by atoms with E-state index in [0.717, 1.165) is 50.2 Å². The number of hydrogen-bond donors (Lipinski definition) is 1. The molecule has 128 valence electrons. The van der Waals surface area contributed by atoms with Crippen molar-refractivity contribution in [2.24, 2.45) is 0 Å². The summed E-state index contributed by atoms with van der Waals surface area (Å²) in [4.78, 5) is 18.9. The lowest BCUT2D eigenvalue weighted by Gasteiger charge is -2.37. The molecule has 1 atom stereocenters. The van der Waals surface area contributed by atoms with Crippen LogP contribution in [0.25, 0.3) is 0 Å². The fourth-order valence-corrected chi connectivity index (χ4v) is 2.87. The Morgan fingerprint density at radius 1 is 1.43 bits per heavy atom. The lowest BCUT2D eigenvalue weighted by Crippen LogP contribution is -2.42. The molecule has 1 aromatic rings. The van der Waals surface area contributed by atoms with Crippen LogP contribution in [0.2, 0.25) is 0 Å². The van der Waals surface area contributed by atoms with Gasteiger partial charge in [-0.1, -0.05) is 13.0 Å².